The molecule has 1 aliphatic heterocycles. The van der Waals surface area contributed by atoms with Gasteiger partial charge in [-0.3, -0.25) is 4.98 Å². The van der Waals surface area contributed by atoms with Gasteiger partial charge in [0.1, 0.15) is 0 Å². The first-order chi connectivity index (χ1) is 7.41. The average Bonchev–Trinajstić information content (AvgIpc) is 2.91. The lowest BCUT2D eigenvalue weighted by atomic mass is 9.73. The first-order valence-electron chi connectivity index (χ1n) is 6.01. The van der Waals surface area contributed by atoms with Gasteiger partial charge in [0.2, 0.25) is 0 Å². The maximum atomic E-state index is 4.11. The van der Waals surface area contributed by atoms with E-state index in [2.05, 4.69) is 22.4 Å². The fraction of sp³-hybridized carbons (Fsp3) is 0.615. The molecular weight excluding hydrogens is 184 g/mol. The second kappa shape index (κ2) is 3.60. The molecule has 2 heteroatoms. The number of aromatic nitrogens is 1. The Hall–Kier alpha value is -0.890. The normalized spacial score (nSPS) is 28.7. The lowest BCUT2D eigenvalue weighted by Gasteiger charge is -2.30. The zero-order valence-corrected chi connectivity index (χ0v) is 9.08. The Morgan fingerprint density at radius 2 is 1.93 bits per heavy atom. The second-order valence-corrected chi connectivity index (χ2v) is 5.03. The van der Waals surface area contributed by atoms with Crippen molar-refractivity contribution in [3.8, 4) is 0 Å². The van der Waals surface area contributed by atoms with E-state index in [1.807, 2.05) is 12.4 Å². The molecule has 15 heavy (non-hydrogen) atoms. The largest absolute Gasteiger partial charge is 0.316 e. The predicted octanol–water partition coefficient (Wildman–Crippen LogP) is 2.33. The maximum absolute atomic E-state index is 4.11. The van der Waals surface area contributed by atoms with Crippen LogP contribution in [0.5, 0.6) is 0 Å². The molecule has 3 rings (SSSR count). The number of nitrogens with one attached hydrogen (secondary N) is 1. The van der Waals surface area contributed by atoms with Crippen LogP contribution in [0.1, 0.15) is 37.2 Å². The van der Waals surface area contributed by atoms with Gasteiger partial charge < -0.3 is 5.32 Å². The van der Waals surface area contributed by atoms with Crippen LogP contribution in [-0.2, 0) is 0 Å². The van der Waals surface area contributed by atoms with Crippen molar-refractivity contribution >= 4 is 0 Å². The topological polar surface area (TPSA) is 24.9 Å². The van der Waals surface area contributed by atoms with Crippen molar-refractivity contribution in [1.29, 1.82) is 0 Å². The summed E-state index contributed by atoms with van der Waals surface area (Å²) in [6.45, 7) is 2.38. The monoisotopic (exact) mass is 202 g/mol. The minimum Gasteiger partial charge on any atom is -0.316 e. The highest BCUT2D eigenvalue weighted by Gasteiger charge is 2.44. The molecule has 1 saturated heterocycles. The molecule has 1 N–H and O–H groups in total. The Labute approximate surface area is 91.1 Å². The highest BCUT2D eigenvalue weighted by Crippen LogP contribution is 2.50. The van der Waals surface area contributed by atoms with Gasteiger partial charge in [-0.25, -0.2) is 0 Å². The van der Waals surface area contributed by atoms with Crippen LogP contribution in [-0.4, -0.2) is 18.1 Å². The molecule has 1 aliphatic carbocycles. The molecule has 2 heterocycles. The highest BCUT2D eigenvalue weighted by molar-refractivity contribution is 5.23. The fourth-order valence-electron chi connectivity index (χ4n) is 3.48. The van der Waals surface area contributed by atoms with Gasteiger partial charge in [-0.05, 0) is 36.0 Å². The number of hydrogen-bond acceptors (Lipinski definition) is 2. The Bertz CT molecular complexity index is 322. The van der Waals surface area contributed by atoms with Crippen molar-refractivity contribution in [2.45, 2.75) is 31.6 Å². The van der Waals surface area contributed by atoms with Crippen LogP contribution in [0.4, 0.5) is 0 Å². The van der Waals surface area contributed by atoms with Crippen molar-refractivity contribution in [3.63, 3.8) is 0 Å². The van der Waals surface area contributed by atoms with Gasteiger partial charge >= 0.3 is 0 Å². The molecule has 0 amide bonds. The summed E-state index contributed by atoms with van der Waals surface area (Å²) in [6, 6.07) is 4.38. The summed E-state index contributed by atoms with van der Waals surface area (Å²) in [5, 5.41) is 3.58. The van der Waals surface area contributed by atoms with Crippen LogP contribution in [0.2, 0.25) is 0 Å². The fourth-order valence-corrected chi connectivity index (χ4v) is 3.48. The van der Waals surface area contributed by atoms with Gasteiger partial charge in [-0.15, -0.1) is 0 Å². The van der Waals surface area contributed by atoms with Gasteiger partial charge in [0.15, 0.2) is 0 Å². The maximum Gasteiger partial charge on any atom is 0.0270 e. The molecule has 1 aromatic rings. The van der Waals surface area contributed by atoms with Crippen LogP contribution in [0, 0.1) is 5.41 Å². The Kier molecular flexibility index (Phi) is 2.24. The zero-order valence-electron chi connectivity index (χ0n) is 9.08. The van der Waals surface area contributed by atoms with Gasteiger partial charge in [0.05, 0.1) is 0 Å². The summed E-state index contributed by atoms with van der Waals surface area (Å²) in [7, 11) is 0. The van der Waals surface area contributed by atoms with Gasteiger partial charge in [-0.2, -0.15) is 0 Å². The van der Waals surface area contributed by atoms with Crippen molar-refractivity contribution in [2.24, 2.45) is 5.41 Å². The standard InChI is InChI=1S/C13H18N2/c1-2-6-13(5-1)10-15-9-12(13)11-3-7-14-8-4-11/h3-4,7-8,12,15H,1-2,5-6,9-10H2. The lowest BCUT2D eigenvalue weighted by molar-refractivity contribution is 0.295. The summed E-state index contributed by atoms with van der Waals surface area (Å²) < 4.78 is 0. The molecule has 1 atom stereocenters. The van der Waals surface area contributed by atoms with Gasteiger partial charge in [0, 0.05) is 31.4 Å². The molecule has 0 bridgehead atoms. The average molecular weight is 202 g/mol. The van der Waals surface area contributed by atoms with Crippen molar-refractivity contribution in [1.82, 2.24) is 10.3 Å². The summed E-state index contributed by atoms with van der Waals surface area (Å²) in [5.74, 6) is 0.725. The second-order valence-electron chi connectivity index (χ2n) is 5.03. The third-order valence-corrected chi connectivity index (χ3v) is 4.27. The Morgan fingerprint density at radius 1 is 1.20 bits per heavy atom. The van der Waals surface area contributed by atoms with Gasteiger partial charge in [0.25, 0.3) is 0 Å². The van der Waals surface area contributed by atoms with E-state index in [0.29, 0.717) is 5.41 Å². The van der Waals surface area contributed by atoms with Crippen LogP contribution < -0.4 is 5.32 Å². The number of pyridine rings is 1. The van der Waals surface area contributed by atoms with Crippen LogP contribution in [0.15, 0.2) is 24.5 Å². The van der Waals surface area contributed by atoms with Crippen LogP contribution >= 0.6 is 0 Å². The molecule has 1 aromatic heterocycles. The molecule has 0 radical (unpaired) electrons. The lowest BCUT2D eigenvalue weighted by Crippen LogP contribution is -2.25. The van der Waals surface area contributed by atoms with Crippen LogP contribution in [0.25, 0.3) is 0 Å². The molecule has 1 unspecified atom stereocenters. The van der Waals surface area contributed by atoms with Crippen molar-refractivity contribution < 1.29 is 0 Å². The first-order valence-corrected chi connectivity index (χ1v) is 6.01. The molecule has 1 spiro atoms. The highest BCUT2D eigenvalue weighted by atomic mass is 14.9. The van der Waals surface area contributed by atoms with Crippen molar-refractivity contribution in [3.05, 3.63) is 30.1 Å². The van der Waals surface area contributed by atoms with Crippen LogP contribution in [0.3, 0.4) is 0 Å². The molecule has 2 nitrogen and oxygen atoms in total. The van der Waals surface area contributed by atoms with E-state index >= 15 is 0 Å². The molecule has 80 valence electrons. The van der Waals surface area contributed by atoms with Gasteiger partial charge in [-0.1, -0.05) is 12.8 Å². The smallest absolute Gasteiger partial charge is 0.0270 e. The number of hydrogen-bond donors (Lipinski definition) is 1. The first kappa shape index (κ1) is 9.34. The van der Waals surface area contributed by atoms with Crippen molar-refractivity contribution in [2.75, 3.05) is 13.1 Å². The van der Waals surface area contributed by atoms with E-state index in [1.54, 1.807) is 0 Å². The molecule has 0 aromatic carbocycles. The molecule has 2 aliphatic rings. The summed E-state index contributed by atoms with van der Waals surface area (Å²) in [4.78, 5) is 4.11. The van der Waals surface area contributed by atoms with E-state index in [4.69, 9.17) is 0 Å². The van der Waals surface area contributed by atoms with E-state index in [0.717, 1.165) is 12.5 Å². The third-order valence-electron chi connectivity index (χ3n) is 4.27. The summed E-state index contributed by atoms with van der Waals surface area (Å²) in [5.41, 5.74) is 2.05. The zero-order chi connectivity index (χ0) is 10.1. The summed E-state index contributed by atoms with van der Waals surface area (Å²) in [6.07, 6.45) is 9.51. The van der Waals surface area contributed by atoms with E-state index in [1.165, 1.54) is 37.8 Å². The van der Waals surface area contributed by atoms with E-state index < -0.39 is 0 Å². The number of rotatable bonds is 1. The summed E-state index contributed by atoms with van der Waals surface area (Å²) >= 11 is 0. The Morgan fingerprint density at radius 3 is 2.67 bits per heavy atom. The third kappa shape index (κ3) is 1.48. The molecule has 1 saturated carbocycles. The molecular formula is C13H18N2. The quantitative estimate of drug-likeness (QED) is 0.756. The minimum atomic E-state index is 0.571. The molecule has 2 fully saturated rings. The SMILES string of the molecule is c1cc(C2CNCC23CCCC3)ccn1. The Balaban J connectivity index is 1.92. The van der Waals surface area contributed by atoms with E-state index in [-0.39, 0.29) is 0 Å². The van der Waals surface area contributed by atoms with E-state index in [9.17, 15) is 0 Å². The predicted molar refractivity (Wildman–Crippen MR) is 60.7 cm³/mol. The number of nitrogens with zero attached hydrogens (tertiary/aromatic N) is 1. The minimum absolute atomic E-state index is 0.571.